The van der Waals surface area contributed by atoms with Crippen molar-refractivity contribution in [1.29, 1.82) is 0 Å². The van der Waals surface area contributed by atoms with Crippen LogP contribution in [-0.2, 0) is 6.18 Å². The number of rotatable bonds is 3. The highest BCUT2D eigenvalue weighted by molar-refractivity contribution is 14.1. The van der Waals surface area contributed by atoms with Crippen LogP contribution in [0.5, 0.6) is 11.6 Å². The first kappa shape index (κ1) is 14.8. The lowest BCUT2D eigenvalue weighted by molar-refractivity contribution is -0.145. The van der Waals surface area contributed by atoms with E-state index in [2.05, 4.69) is 32.6 Å². The Morgan fingerprint density at radius 1 is 1.15 bits per heavy atom. The largest absolute Gasteiger partial charge is 0.451 e. The van der Waals surface area contributed by atoms with Crippen LogP contribution >= 0.6 is 22.6 Å². The van der Waals surface area contributed by atoms with Crippen LogP contribution in [-0.4, -0.2) is 9.97 Å². The summed E-state index contributed by atoms with van der Waals surface area (Å²) in [6.45, 7) is 0. The molecule has 0 aliphatic carbocycles. The fourth-order valence-electron chi connectivity index (χ4n) is 1.30. The van der Waals surface area contributed by atoms with Crippen molar-refractivity contribution < 1.29 is 17.9 Å². The van der Waals surface area contributed by atoms with Crippen LogP contribution in [0.1, 0.15) is 5.82 Å². The van der Waals surface area contributed by atoms with E-state index in [9.17, 15) is 13.2 Å². The first-order chi connectivity index (χ1) is 9.38. The number of aromatic nitrogens is 2. The lowest BCUT2D eigenvalue weighted by Gasteiger charge is -2.10. The summed E-state index contributed by atoms with van der Waals surface area (Å²) in [7, 11) is 0. The topological polar surface area (TPSA) is 73.1 Å². The molecule has 0 bridgehead atoms. The average Bonchev–Trinajstić information content (AvgIpc) is 2.40. The van der Waals surface area contributed by atoms with E-state index in [1.54, 1.807) is 24.3 Å². The first-order valence-corrected chi connectivity index (χ1v) is 6.32. The molecule has 1 aromatic heterocycles. The zero-order chi connectivity index (χ0) is 14.8. The number of ether oxygens (including phenoxy) is 1. The Balaban J connectivity index is 2.33. The van der Waals surface area contributed by atoms with E-state index >= 15 is 0 Å². The van der Waals surface area contributed by atoms with Crippen LogP contribution in [0.15, 0.2) is 30.3 Å². The maximum Gasteiger partial charge on any atom is 0.451 e. The number of benzene rings is 1. The van der Waals surface area contributed by atoms with Gasteiger partial charge in [-0.3, -0.25) is 0 Å². The summed E-state index contributed by atoms with van der Waals surface area (Å²) in [6, 6.07) is 7.92. The molecule has 1 aromatic carbocycles. The van der Waals surface area contributed by atoms with Gasteiger partial charge in [0, 0.05) is 9.64 Å². The number of alkyl halides is 3. The normalized spacial score (nSPS) is 11.2. The van der Waals surface area contributed by atoms with Crippen LogP contribution in [0.4, 0.5) is 19.0 Å². The molecule has 0 fully saturated rings. The molecule has 0 atom stereocenters. The second kappa shape index (κ2) is 5.79. The summed E-state index contributed by atoms with van der Waals surface area (Å²) in [5.74, 6) is 3.68. The number of nitrogens with one attached hydrogen (secondary N) is 1. The molecule has 0 spiro atoms. The maximum atomic E-state index is 12.6. The Bertz CT molecular complexity index is 604. The number of halogens is 4. The molecule has 0 radical (unpaired) electrons. The van der Waals surface area contributed by atoms with Crippen molar-refractivity contribution in [1.82, 2.24) is 9.97 Å². The van der Waals surface area contributed by atoms with Gasteiger partial charge in [0.05, 0.1) is 0 Å². The molecule has 2 rings (SSSR count). The first-order valence-electron chi connectivity index (χ1n) is 5.25. The van der Waals surface area contributed by atoms with Crippen molar-refractivity contribution in [2.45, 2.75) is 6.18 Å². The van der Waals surface area contributed by atoms with Gasteiger partial charge in [-0.25, -0.2) is 10.8 Å². The van der Waals surface area contributed by atoms with Gasteiger partial charge in [-0.1, -0.05) is 0 Å². The van der Waals surface area contributed by atoms with Crippen molar-refractivity contribution in [2.24, 2.45) is 5.84 Å². The van der Waals surface area contributed by atoms with E-state index in [1.165, 1.54) is 6.07 Å². The summed E-state index contributed by atoms with van der Waals surface area (Å²) < 4.78 is 44.1. The third kappa shape index (κ3) is 3.70. The molecule has 2 aromatic rings. The van der Waals surface area contributed by atoms with Crippen LogP contribution in [0, 0.1) is 3.57 Å². The Labute approximate surface area is 125 Å². The lowest BCUT2D eigenvalue weighted by atomic mass is 10.3. The van der Waals surface area contributed by atoms with Gasteiger partial charge in [0.1, 0.15) is 11.6 Å². The highest BCUT2D eigenvalue weighted by Gasteiger charge is 2.35. The zero-order valence-corrected chi connectivity index (χ0v) is 11.9. The number of nitrogens with two attached hydrogens (primary N) is 1. The molecule has 3 N–H and O–H groups in total. The Kier molecular flexibility index (Phi) is 4.28. The van der Waals surface area contributed by atoms with Gasteiger partial charge in [0.2, 0.25) is 11.7 Å². The van der Waals surface area contributed by atoms with Gasteiger partial charge < -0.3 is 10.2 Å². The monoisotopic (exact) mass is 396 g/mol. The Morgan fingerprint density at radius 2 is 1.80 bits per heavy atom. The highest BCUT2D eigenvalue weighted by Crippen LogP contribution is 2.30. The molecular weight excluding hydrogens is 388 g/mol. The second-order valence-corrected chi connectivity index (χ2v) is 4.86. The molecule has 0 aliphatic heterocycles. The summed E-state index contributed by atoms with van der Waals surface area (Å²) in [5, 5.41) is 0. The van der Waals surface area contributed by atoms with Crippen LogP contribution < -0.4 is 16.0 Å². The SMILES string of the molecule is NNc1cc(Oc2ccc(I)cc2)nc(C(F)(F)F)n1. The quantitative estimate of drug-likeness (QED) is 0.474. The minimum atomic E-state index is -4.68. The van der Waals surface area contributed by atoms with Crippen LogP contribution in [0.25, 0.3) is 0 Å². The van der Waals surface area contributed by atoms with Gasteiger partial charge in [-0.15, -0.1) is 0 Å². The molecule has 1 heterocycles. The van der Waals surface area contributed by atoms with E-state index in [1.807, 2.05) is 5.43 Å². The minimum absolute atomic E-state index is 0.187. The second-order valence-electron chi connectivity index (χ2n) is 3.61. The fourth-order valence-corrected chi connectivity index (χ4v) is 1.66. The van der Waals surface area contributed by atoms with Crippen molar-refractivity contribution in [3.05, 3.63) is 39.7 Å². The summed E-state index contributed by atoms with van der Waals surface area (Å²) in [4.78, 5) is 6.54. The van der Waals surface area contributed by atoms with Crippen molar-refractivity contribution >= 4 is 28.4 Å². The third-order valence-electron chi connectivity index (χ3n) is 2.14. The number of nitrogens with zero attached hydrogens (tertiary/aromatic N) is 2. The van der Waals surface area contributed by atoms with Crippen molar-refractivity contribution in [2.75, 3.05) is 5.43 Å². The summed E-state index contributed by atoms with van der Waals surface area (Å²) in [6.07, 6.45) is -4.68. The van der Waals surface area contributed by atoms with E-state index in [4.69, 9.17) is 10.6 Å². The Hall–Kier alpha value is -1.62. The fraction of sp³-hybridized carbons (Fsp3) is 0.0909. The van der Waals surface area contributed by atoms with Gasteiger partial charge in [0.25, 0.3) is 0 Å². The smallest absolute Gasteiger partial charge is 0.439 e. The van der Waals surface area contributed by atoms with E-state index in [0.717, 1.165) is 3.57 Å². The molecule has 9 heteroatoms. The van der Waals surface area contributed by atoms with Gasteiger partial charge in [-0.2, -0.15) is 18.2 Å². The predicted molar refractivity (Wildman–Crippen MR) is 74.1 cm³/mol. The zero-order valence-electron chi connectivity index (χ0n) is 9.78. The predicted octanol–water partition coefficient (Wildman–Crippen LogP) is 3.18. The molecule has 0 saturated heterocycles. The summed E-state index contributed by atoms with van der Waals surface area (Å²) in [5.41, 5.74) is 2.04. The molecule has 20 heavy (non-hydrogen) atoms. The van der Waals surface area contributed by atoms with Crippen molar-refractivity contribution in [3.8, 4) is 11.6 Å². The molecule has 0 saturated carbocycles. The van der Waals surface area contributed by atoms with E-state index < -0.39 is 12.0 Å². The van der Waals surface area contributed by atoms with Crippen molar-refractivity contribution in [3.63, 3.8) is 0 Å². The molecule has 0 amide bonds. The van der Waals surface area contributed by atoms with Crippen LogP contribution in [0.2, 0.25) is 0 Å². The van der Waals surface area contributed by atoms with E-state index in [0.29, 0.717) is 5.75 Å². The molecule has 0 aliphatic rings. The van der Waals surface area contributed by atoms with Crippen LogP contribution in [0.3, 0.4) is 0 Å². The third-order valence-corrected chi connectivity index (χ3v) is 2.86. The standard InChI is InChI=1S/C11H8F3IN4O/c12-11(13,14)10-17-8(19-16)5-9(18-10)20-7-3-1-6(15)2-4-7/h1-5H,16H2,(H,17,18,19). The molecule has 5 nitrogen and oxygen atoms in total. The highest BCUT2D eigenvalue weighted by atomic mass is 127. The molecule has 106 valence electrons. The molecule has 0 unspecified atom stereocenters. The number of hydrogen-bond donors (Lipinski definition) is 2. The number of hydrogen-bond acceptors (Lipinski definition) is 5. The minimum Gasteiger partial charge on any atom is -0.439 e. The molecular formula is C11H8F3IN4O. The average molecular weight is 396 g/mol. The van der Waals surface area contributed by atoms with Gasteiger partial charge in [0.15, 0.2) is 0 Å². The number of anilines is 1. The van der Waals surface area contributed by atoms with Gasteiger partial charge >= 0.3 is 6.18 Å². The Morgan fingerprint density at radius 3 is 2.35 bits per heavy atom. The maximum absolute atomic E-state index is 12.6. The van der Waals surface area contributed by atoms with Gasteiger partial charge in [-0.05, 0) is 46.9 Å². The summed E-state index contributed by atoms with van der Waals surface area (Å²) >= 11 is 2.10. The lowest BCUT2D eigenvalue weighted by Crippen LogP contribution is -2.16. The number of nitrogen functional groups attached to an aromatic ring is 1. The van der Waals surface area contributed by atoms with E-state index in [-0.39, 0.29) is 11.7 Å². The number of hydrazine groups is 1.